The second kappa shape index (κ2) is 12.8. The van der Waals surface area contributed by atoms with Crippen LogP contribution in [0.15, 0.2) is 29.5 Å². The number of carboxylic acid groups (broad SMARTS) is 1. The molecule has 1 unspecified atom stereocenters. The molecule has 25 heavy (non-hydrogen) atoms. The van der Waals surface area contributed by atoms with E-state index in [1.165, 1.54) is 44.9 Å². The van der Waals surface area contributed by atoms with Crippen molar-refractivity contribution in [1.82, 2.24) is 0 Å². The molecule has 1 rings (SSSR count). The number of nitrogens with zero attached hydrogens (tertiary/aromatic N) is 2. The summed E-state index contributed by atoms with van der Waals surface area (Å²) in [7, 11) is 0. The molecule has 1 aliphatic rings. The quantitative estimate of drug-likeness (QED) is 0.280. The van der Waals surface area contributed by atoms with Gasteiger partial charge in [0.1, 0.15) is 19.3 Å². The number of carbonyl (C=O) groups excluding carboxylic acids is 1. The van der Waals surface area contributed by atoms with Crippen LogP contribution in [0.4, 0.5) is 0 Å². The molecule has 0 amide bonds. The predicted molar refractivity (Wildman–Crippen MR) is 102 cm³/mol. The molecule has 142 valence electrons. The zero-order chi connectivity index (χ0) is 18.4. The van der Waals surface area contributed by atoms with E-state index in [0.29, 0.717) is 13.1 Å². The maximum atomic E-state index is 11.1. The molecular weight excluding hydrogens is 314 g/mol. The van der Waals surface area contributed by atoms with Gasteiger partial charge in [0.2, 0.25) is 5.84 Å². The van der Waals surface area contributed by atoms with Crippen molar-refractivity contribution < 1.29 is 14.4 Å². The highest BCUT2D eigenvalue weighted by atomic mass is 16.4. The van der Waals surface area contributed by atoms with Gasteiger partial charge in [0, 0.05) is 13.0 Å². The van der Waals surface area contributed by atoms with Crippen LogP contribution in [0.5, 0.6) is 0 Å². The highest BCUT2D eigenvalue weighted by Gasteiger charge is 2.34. The smallest absolute Gasteiger partial charge is 0.208 e. The van der Waals surface area contributed by atoms with E-state index in [1.807, 2.05) is 6.20 Å². The van der Waals surface area contributed by atoms with Gasteiger partial charge >= 0.3 is 0 Å². The molecule has 0 aliphatic carbocycles. The predicted octanol–water partition coefficient (Wildman–Crippen LogP) is 2.87. The number of allylic oxidation sites excluding steroid dienone is 2. The summed E-state index contributed by atoms with van der Waals surface area (Å²) < 4.78 is 0.213. The molecule has 1 aliphatic heterocycles. The Bertz CT molecular complexity index is 472. The number of hydrogen-bond acceptors (Lipinski definition) is 4. The van der Waals surface area contributed by atoms with Crippen LogP contribution in [0.2, 0.25) is 0 Å². The molecule has 0 spiro atoms. The zero-order valence-corrected chi connectivity index (χ0v) is 15.8. The zero-order valence-electron chi connectivity index (χ0n) is 15.8. The summed E-state index contributed by atoms with van der Waals surface area (Å²) in [4.78, 5) is 15.4. The molecule has 2 N–H and O–H groups in total. The van der Waals surface area contributed by atoms with Crippen LogP contribution >= 0.6 is 0 Å². The van der Waals surface area contributed by atoms with Crippen LogP contribution in [-0.2, 0) is 4.79 Å². The SMILES string of the molecule is CCCCCCCCC/C=C/CCC1=NC=C[N+]1(CCN)CC(=O)[O-]. The van der Waals surface area contributed by atoms with Crippen molar-refractivity contribution >= 4 is 11.8 Å². The topological polar surface area (TPSA) is 78.5 Å². The van der Waals surface area contributed by atoms with E-state index in [4.69, 9.17) is 5.73 Å². The molecule has 1 atom stereocenters. The molecule has 0 radical (unpaired) electrons. The van der Waals surface area contributed by atoms with Gasteiger partial charge in [0.25, 0.3) is 0 Å². The lowest BCUT2D eigenvalue weighted by atomic mass is 10.1. The van der Waals surface area contributed by atoms with Crippen molar-refractivity contribution in [2.45, 2.75) is 71.1 Å². The van der Waals surface area contributed by atoms with E-state index < -0.39 is 5.97 Å². The van der Waals surface area contributed by atoms with Gasteiger partial charge in [-0.05, 0) is 19.3 Å². The summed E-state index contributed by atoms with van der Waals surface area (Å²) in [5.74, 6) is -0.197. The lowest BCUT2D eigenvalue weighted by Crippen LogP contribution is -2.54. The number of aliphatic imine (C=N–C) groups is 1. The Morgan fingerprint density at radius 2 is 1.84 bits per heavy atom. The summed E-state index contributed by atoms with van der Waals surface area (Å²) in [6, 6.07) is 0. The monoisotopic (exact) mass is 349 g/mol. The van der Waals surface area contributed by atoms with Crippen LogP contribution < -0.4 is 10.8 Å². The van der Waals surface area contributed by atoms with E-state index in [1.54, 1.807) is 6.20 Å². The Morgan fingerprint density at radius 3 is 2.52 bits per heavy atom. The first-order chi connectivity index (χ1) is 12.1. The molecule has 0 saturated carbocycles. The van der Waals surface area contributed by atoms with E-state index >= 15 is 0 Å². The van der Waals surface area contributed by atoms with Gasteiger partial charge < -0.3 is 15.6 Å². The Hall–Kier alpha value is -1.46. The van der Waals surface area contributed by atoms with Gasteiger partial charge in [-0.15, -0.1) is 0 Å². The number of amidine groups is 1. The molecule has 1 heterocycles. The van der Waals surface area contributed by atoms with Crippen molar-refractivity contribution in [2.24, 2.45) is 10.7 Å². The standard InChI is InChI=1S/C20H35N3O2/c1-2-3-4-5-6-7-8-9-10-11-12-13-19-22-15-17-23(19,16-14-21)18-20(24)25/h10-11,15,17H,2-9,12-14,16,18,21H2,1H3/b11-10+. The van der Waals surface area contributed by atoms with Crippen LogP contribution in [-0.4, -0.2) is 35.9 Å². The number of hydrogen-bond donors (Lipinski definition) is 1. The van der Waals surface area contributed by atoms with E-state index in [2.05, 4.69) is 24.1 Å². The van der Waals surface area contributed by atoms with Gasteiger partial charge in [-0.1, -0.05) is 57.6 Å². The summed E-state index contributed by atoms with van der Waals surface area (Å²) in [6.45, 7) is 3.12. The van der Waals surface area contributed by atoms with Crippen LogP contribution in [0.1, 0.15) is 71.1 Å². The van der Waals surface area contributed by atoms with Crippen molar-refractivity contribution in [2.75, 3.05) is 19.6 Å². The van der Waals surface area contributed by atoms with Crippen molar-refractivity contribution in [1.29, 1.82) is 0 Å². The highest BCUT2D eigenvalue weighted by Crippen LogP contribution is 2.19. The summed E-state index contributed by atoms with van der Waals surface area (Å²) in [5, 5.41) is 11.1. The molecule has 5 heteroatoms. The second-order valence-electron chi connectivity index (χ2n) is 6.84. The van der Waals surface area contributed by atoms with Crippen molar-refractivity contribution in [3.05, 3.63) is 24.6 Å². The third-order valence-electron chi connectivity index (χ3n) is 4.70. The van der Waals surface area contributed by atoms with E-state index in [9.17, 15) is 9.90 Å². The Balaban J connectivity index is 2.22. The first-order valence-electron chi connectivity index (χ1n) is 9.81. The second-order valence-corrected chi connectivity index (χ2v) is 6.84. The largest absolute Gasteiger partial charge is 0.544 e. The maximum absolute atomic E-state index is 11.1. The number of rotatable bonds is 15. The number of carboxylic acids is 1. The summed E-state index contributed by atoms with van der Waals surface area (Å²) in [5.41, 5.74) is 5.66. The molecule has 0 aromatic rings. The normalized spacial score (nSPS) is 19.7. The molecule has 0 aromatic heterocycles. The average molecular weight is 350 g/mol. The van der Waals surface area contributed by atoms with Gasteiger partial charge in [-0.3, -0.25) is 0 Å². The Morgan fingerprint density at radius 1 is 1.16 bits per heavy atom. The fraction of sp³-hybridized carbons (Fsp3) is 0.700. The summed E-state index contributed by atoms with van der Waals surface area (Å²) >= 11 is 0. The van der Waals surface area contributed by atoms with Gasteiger partial charge in [0.15, 0.2) is 0 Å². The minimum atomic E-state index is -1.07. The number of unbranched alkanes of at least 4 members (excludes halogenated alkanes) is 7. The van der Waals surface area contributed by atoms with Gasteiger partial charge in [0.05, 0.1) is 12.2 Å². The third kappa shape index (κ3) is 8.45. The molecular formula is C20H35N3O2. The third-order valence-corrected chi connectivity index (χ3v) is 4.70. The Kier molecular flexibility index (Phi) is 11.1. The summed E-state index contributed by atoms with van der Waals surface area (Å²) in [6.07, 6.45) is 20.0. The average Bonchev–Trinajstić information content (AvgIpc) is 2.94. The molecule has 0 aromatic carbocycles. The highest BCUT2D eigenvalue weighted by molar-refractivity contribution is 5.81. The first kappa shape index (κ1) is 21.6. The molecule has 5 nitrogen and oxygen atoms in total. The van der Waals surface area contributed by atoms with Gasteiger partial charge in [-0.2, -0.15) is 0 Å². The van der Waals surface area contributed by atoms with Crippen LogP contribution in [0.25, 0.3) is 0 Å². The first-order valence-corrected chi connectivity index (χ1v) is 9.81. The minimum Gasteiger partial charge on any atom is -0.544 e. The lowest BCUT2D eigenvalue weighted by molar-refractivity contribution is -0.780. The fourth-order valence-electron chi connectivity index (χ4n) is 3.29. The maximum Gasteiger partial charge on any atom is 0.208 e. The lowest BCUT2D eigenvalue weighted by Gasteiger charge is -2.32. The van der Waals surface area contributed by atoms with Crippen molar-refractivity contribution in [3.8, 4) is 0 Å². The minimum absolute atomic E-state index is 0.0890. The molecule has 0 saturated heterocycles. The number of nitrogens with two attached hydrogens (primary N) is 1. The van der Waals surface area contributed by atoms with Crippen molar-refractivity contribution in [3.63, 3.8) is 0 Å². The van der Waals surface area contributed by atoms with Crippen LogP contribution in [0, 0.1) is 0 Å². The van der Waals surface area contributed by atoms with Gasteiger partial charge in [-0.25, -0.2) is 9.48 Å². The van der Waals surface area contributed by atoms with E-state index in [0.717, 1.165) is 25.1 Å². The van der Waals surface area contributed by atoms with E-state index in [-0.39, 0.29) is 11.0 Å². The number of carbonyl (C=O) groups is 1. The number of quaternary nitrogens is 1. The fourth-order valence-corrected chi connectivity index (χ4v) is 3.29. The molecule has 0 bridgehead atoms. The van der Waals surface area contributed by atoms with Crippen LogP contribution in [0.3, 0.4) is 0 Å². The number of aliphatic carboxylic acids is 1. The Labute approximate surface area is 152 Å². The molecule has 0 fully saturated rings.